The summed E-state index contributed by atoms with van der Waals surface area (Å²) in [6.45, 7) is 8.27. The Morgan fingerprint density at radius 2 is 1.74 bits per heavy atom. The molecule has 0 fully saturated rings. The minimum absolute atomic E-state index is 0.0728. The highest BCUT2D eigenvalue weighted by atomic mass is 79.9. The molecule has 2 rings (SSSR count). The van der Waals surface area contributed by atoms with Crippen molar-refractivity contribution in [3.8, 4) is 11.5 Å². The molecule has 4 heteroatoms. The third kappa shape index (κ3) is 5.10. The summed E-state index contributed by atoms with van der Waals surface area (Å²) in [5, 5.41) is 0. The zero-order valence-corrected chi connectivity index (χ0v) is 15.4. The Morgan fingerprint density at radius 3 is 2.30 bits per heavy atom. The molecule has 0 aliphatic carbocycles. The molecule has 0 heterocycles. The second-order valence-corrected chi connectivity index (χ2v) is 7.33. The Kier molecular flexibility index (Phi) is 5.47. The fraction of sp³-hybridized carbons (Fsp3) is 0.316. The molecule has 0 unspecified atom stereocenters. The molecule has 0 radical (unpaired) electrons. The average molecular weight is 377 g/mol. The molecule has 2 aromatic rings. The van der Waals surface area contributed by atoms with Crippen LogP contribution in [0.15, 0.2) is 46.9 Å². The van der Waals surface area contributed by atoms with E-state index in [9.17, 15) is 4.79 Å². The standard InChI is InChI=1S/C19H21BrO3/c1-13-5-10-17(16(20)11-13)22-12-18(21)23-15-8-6-14(7-9-15)19(2,3)4/h5-11H,12H2,1-4H3. The van der Waals surface area contributed by atoms with Crippen LogP contribution in [0.1, 0.15) is 31.9 Å². The van der Waals surface area contributed by atoms with Gasteiger partial charge < -0.3 is 9.47 Å². The molecule has 3 nitrogen and oxygen atoms in total. The number of hydrogen-bond donors (Lipinski definition) is 0. The molecule has 0 saturated carbocycles. The molecular weight excluding hydrogens is 356 g/mol. The van der Waals surface area contributed by atoms with Crippen LogP contribution in [0.5, 0.6) is 11.5 Å². The fourth-order valence-corrected chi connectivity index (χ4v) is 2.65. The van der Waals surface area contributed by atoms with Gasteiger partial charge in [0.15, 0.2) is 6.61 Å². The Balaban J connectivity index is 1.92. The first-order valence-corrected chi connectivity index (χ1v) is 8.25. The maximum absolute atomic E-state index is 11.9. The number of rotatable bonds is 4. The first-order chi connectivity index (χ1) is 10.8. The number of ether oxygens (including phenoxy) is 2. The molecule has 0 aliphatic rings. The highest BCUT2D eigenvalue weighted by molar-refractivity contribution is 9.10. The molecule has 0 atom stereocenters. The second-order valence-electron chi connectivity index (χ2n) is 6.47. The van der Waals surface area contributed by atoms with E-state index in [0.29, 0.717) is 11.5 Å². The molecule has 2 aromatic carbocycles. The Bertz CT molecular complexity index is 685. The quantitative estimate of drug-likeness (QED) is 0.553. The normalized spacial score (nSPS) is 11.2. The van der Waals surface area contributed by atoms with E-state index >= 15 is 0 Å². The Labute approximate surface area is 145 Å². The van der Waals surface area contributed by atoms with Crippen LogP contribution in [-0.4, -0.2) is 12.6 Å². The van der Waals surface area contributed by atoms with E-state index in [0.717, 1.165) is 10.0 Å². The molecular formula is C19H21BrO3. The Morgan fingerprint density at radius 1 is 1.09 bits per heavy atom. The summed E-state index contributed by atoms with van der Waals surface area (Å²) in [6.07, 6.45) is 0. The zero-order chi connectivity index (χ0) is 17.0. The van der Waals surface area contributed by atoms with E-state index in [-0.39, 0.29) is 12.0 Å². The van der Waals surface area contributed by atoms with Crippen LogP contribution in [0.25, 0.3) is 0 Å². The van der Waals surface area contributed by atoms with Gasteiger partial charge in [0.1, 0.15) is 11.5 Å². The number of hydrogen-bond acceptors (Lipinski definition) is 3. The van der Waals surface area contributed by atoms with Crippen molar-refractivity contribution in [1.82, 2.24) is 0 Å². The molecule has 0 bridgehead atoms. The molecule has 0 amide bonds. The van der Waals surface area contributed by atoms with Crippen molar-refractivity contribution in [2.45, 2.75) is 33.1 Å². The molecule has 0 aromatic heterocycles. The number of esters is 1. The van der Waals surface area contributed by atoms with E-state index in [1.54, 1.807) is 12.1 Å². The number of aryl methyl sites for hydroxylation is 1. The third-order valence-electron chi connectivity index (χ3n) is 3.38. The SMILES string of the molecule is Cc1ccc(OCC(=O)Oc2ccc(C(C)(C)C)cc2)c(Br)c1. The number of carbonyl (C=O) groups is 1. The smallest absolute Gasteiger partial charge is 0.349 e. The van der Waals surface area contributed by atoms with Gasteiger partial charge in [-0.1, -0.05) is 39.0 Å². The van der Waals surface area contributed by atoms with E-state index < -0.39 is 5.97 Å². The van der Waals surface area contributed by atoms with Crippen molar-refractivity contribution >= 4 is 21.9 Å². The highest BCUT2D eigenvalue weighted by Crippen LogP contribution is 2.26. The first kappa shape index (κ1) is 17.5. The van der Waals surface area contributed by atoms with Gasteiger partial charge in [-0.05, 0) is 63.7 Å². The first-order valence-electron chi connectivity index (χ1n) is 7.46. The number of carbonyl (C=O) groups excluding carboxylic acids is 1. The van der Waals surface area contributed by atoms with Crippen LogP contribution in [0.4, 0.5) is 0 Å². The van der Waals surface area contributed by atoms with Gasteiger partial charge in [-0.25, -0.2) is 4.79 Å². The summed E-state index contributed by atoms with van der Waals surface area (Å²) in [5.41, 5.74) is 2.38. The van der Waals surface area contributed by atoms with Gasteiger partial charge in [-0.3, -0.25) is 0 Å². The lowest BCUT2D eigenvalue weighted by atomic mass is 9.87. The van der Waals surface area contributed by atoms with E-state index in [4.69, 9.17) is 9.47 Å². The second kappa shape index (κ2) is 7.18. The number of benzene rings is 2. The minimum atomic E-state index is -0.430. The maximum Gasteiger partial charge on any atom is 0.349 e. The van der Waals surface area contributed by atoms with Crippen molar-refractivity contribution in [2.75, 3.05) is 6.61 Å². The predicted octanol–water partition coefficient (Wildman–Crippen LogP) is 5.04. The molecule has 0 N–H and O–H groups in total. The van der Waals surface area contributed by atoms with Gasteiger partial charge in [-0.15, -0.1) is 0 Å². The van der Waals surface area contributed by atoms with Crippen molar-refractivity contribution in [2.24, 2.45) is 0 Å². The molecule has 0 saturated heterocycles. The van der Waals surface area contributed by atoms with Crippen LogP contribution in [0.2, 0.25) is 0 Å². The summed E-state index contributed by atoms with van der Waals surface area (Å²) in [7, 11) is 0. The monoisotopic (exact) mass is 376 g/mol. The summed E-state index contributed by atoms with van der Waals surface area (Å²) in [5.74, 6) is 0.714. The molecule has 122 valence electrons. The largest absolute Gasteiger partial charge is 0.481 e. The minimum Gasteiger partial charge on any atom is -0.481 e. The van der Waals surface area contributed by atoms with Crippen molar-refractivity contribution in [3.05, 3.63) is 58.1 Å². The maximum atomic E-state index is 11.9. The topological polar surface area (TPSA) is 35.5 Å². The van der Waals surface area contributed by atoms with Crippen LogP contribution in [-0.2, 0) is 10.2 Å². The lowest BCUT2D eigenvalue weighted by Gasteiger charge is -2.19. The summed E-state index contributed by atoms with van der Waals surface area (Å²) < 4.78 is 11.6. The third-order valence-corrected chi connectivity index (χ3v) is 4.00. The van der Waals surface area contributed by atoms with Crippen LogP contribution < -0.4 is 9.47 Å². The van der Waals surface area contributed by atoms with Crippen LogP contribution in [0, 0.1) is 6.92 Å². The van der Waals surface area contributed by atoms with Gasteiger partial charge in [0.25, 0.3) is 0 Å². The van der Waals surface area contributed by atoms with Crippen LogP contribution in [0.3, 0.4) is 0 Å². The lowest BCUT2D eigenvalue weighted by Crippen LogP contribution is -2.18. The van der Waals surface area contributed by atoms with Gasteiger partial charge in [-0.2, -0.15) is 0 Å². The molecule has 0 aliphatic heterocycles. The van der Waals surface area contributed by atoms with Gasteiger partial charge in [0.05, 0.1) is 4.47 Å². The predicted molar refractivity (Wildman–Crippen MR) is 95.2 cm³/mol. The van der Waals surface area contributed by atoms with Gasteiger partial charge >= 0.3 is 5.97 Å². The highest BCUT2D eigenvalue weighted by Gasteiger charge is 2.14. The van der Waals surface area contributed by atoms with Crippen molar-refractivity contribution < 1.29 is 14.3 Å². The lowest BCUT2D eigenvalue weighted by molar-refractivity contribution is -0.136. The molecule has 23 heavy (non-hydrogen) atoms. The number of halogens is 1. The van der Waals surface area contributed by atoms with E-state index in [1.807, 2.05) is 37.3 Å². The van der Waals surface area contributed by atoms with Gasteiger partial charge in [0, 0.05) is 0 Å². The van der Waals surface area contributed by atoms with Crippen LogP contribution >= 0.6 is 15.9 Å². The molecule has 0 spiro atoms. The zero-order valence-electron chi connectivity index (χ0n) is 13.9. The van der Waals surface area contributed by atoms with Gasteiger partial charge in [0.2, 0.25) is 0 Å². The fourth-order valence-electron chi connectivity index (χ4n) is 2.04. The summed E-state index contributed by atoms with van der Waals surface area (Å²) in [4.78, 5) is 11.9. The Hall–Kier alpha value is -1.81. The average Bonchev–Trinajstić information content (AvgIpc) is 2.46. The van der Waals surface area contributed by atoms with E-state index in [1.165, 1.54) is 5.56 Å². The van der Waals surface area contributed by atoms with Crippen molar-refractivity contribution in [1.29, 1.82) is 0 Å². The summed E-state index contributed by atoms with van der Waals surface area (Å²) >= 11 is 3.41. The van der Waals surface area contributed by atoms with E-state index in [2.05, 4.69) is 36.7 Å². The van der Waals surface area contributed by atoms with Crippen molar-refractivity contribution in [3.63, 3.8) is 0 Å². The summed E-state index contributed by atoms with van der Waals surface area (Å²) in [6, 6.07) is 13.2.